The lowest BCUT2D eigenvalue weighted by Gasteiger charge is -2.43. The van der Waals surface area contributed by atoms with E-state index in [1.54, 1.807) is 6.92 Å². The molecule has 210 valence electrons. The highest BCUT2D eigenvalue weighted by molar-refractivity contribution is 6.32. The number of ether oxygens (including phenoxy) is 3. The Balaban J connectivity index is 1.69. The van der Waals surface area contributed by atoms with Crippen molar-refractivity contribution in [2.45, 2.75) is 75.5 Å². The summed E-state index contributed by atoms with van der Waals surface area (Å²) in [4.78, 5) is 27.2. The third-order valence-electron chi connectivity index (χ3n) is 8.05. The normalized spacial score (nSPS) is 30.8. The van der Waals surface area contributed by atoms with E-state index in [0.717, 1.165) is 0 Å². The van der Waals surface area contributed by atoms with Crippen LogP contribution in [0.3, 0.4) is 0 Å². The van der Waals surface area contributed by atoms with Gasteiger partial charge in [0.15, 0.2) is 6.29 Å². The molecule has 2 aliphatic carbocycles. The standard InChI is InChI=1S/C27H31NO11/c1-9-22(31)12(28)6-16(38-9)39-15-8-27(36,10(2)29)7-11-17(15)24(33)21-20(23(11)32)25(34)18-13(30)4-5-14(37-3)19(18)26(21)35/h4-5,9-10,12,15-16,22,29-33,36H,6-8,28H2,1-3H3. The summed E-state index contributed by atoms with van der Waals surface area (Å²) in [5.74, 6) is -3.68. The molecule has 39 heavy (non-hydrogen) atoms. The van der Waals surface area contributed by atoms with E-state index >= 15 is 0 Å². The molecular weight excluding hydrogens is 514 g/mol. The van der Waals surface area contributed by atoms with Crippen LogP contribution in [0.1, 0.15) is 75.8 Å². The lowest BCUT2D eigenvalue weighted by molar-refractivity contribution is -0.250. The van der Waals surface area contributed by atoms with Gasteiger partial charge < -0.3 is 50.6 Å². The van der Waals surface area contributed by atoms with Crippen molar-refractivity contribution < 1.29 is 54.4 Å². The van der Waals surface area contributed by atoms with Gasteiger partial charge in [0.1, 0.15) is 23.0 Å². The summed E-state index contributed by atoms with van der Waals surface area (Å²) < 4.78 is 17.0. The van der Waals surface area contributed by atoms with Crippen molar-refractivity contribution in [3.63, 3.8) is 0 Å². The predicted molar refractivity (Wildman–Crippen MR) is 133 cm³/mol. The van der Waals surface area contributed by atoms with Gasteiger partial charge in [-0.1, -0.05) is 0 Å². The van der Waals surface area contributed by atoms with Gasteiger partial charge in [0, 0.05) is 36.4 Å². The summed E-state index contributed by atoms with van der Waals surface area (Å²) in [7, 11) is 1.28. The number of aliphatic hydroxyl groups is 3. The summed E-state index contributed by atoms with van der Waals surface area (Å²) in [5.41, 5.74) is 2.27. The molecule has 1 heterocycles. The van der Waals surface area contributed by atoms with E-state index in [4.69, 9.17) is 19.9 Å². The maximum absolute atomic E-state index is 13.7. The average molecular weight is 546 g/mol. The van der Waals surface area contributed by atoms with Crippen LogP contribution in [0, 0.1) is 0 Å². The highest BCUT2D eigenvalue weighted by Gasteiger charge is 2.49. The second kappa shape index (κ2) is 9.44. The van der Waals surface area contributed by atoms with E-state index in [1.165, 1.54) is 26.2 Å². The Kier molecular flexibility index (Phi) is 6.61. The number of phenolic OH excluding ortho intramolecular Hbond substituents is 3. The van der Waals surface area contributed by atoms with Crippen LogP contribution in [0.15, 0.2) is 12.1 Å². The van der Waals surface area contributed by atoms with Crippen LogP contribution >= 0.6 is 0 Å². The number of phenols is 3. The first-order valence-corrected chi connectivity index (χ1v) is 12.6. The monoisotopic (exact) mass is 545 g/mol. The Hall–Kier alpha value is -3.26. The molecule has 3 aliphatic rings. The first-order valence-electron chi connectivity index (χ1n) is 12.6. The maximum Gasteiger partial charge on any atom is 0.202 e. The number of carbonyl (C=O) groups excluding carboxylic acids is 2. The summed E-state index contributed by atoms with van der Waals surface area (Å²) in [6.45, 7) is 2.95. The van der Waals surface area contributed by atoms with Crippen molar-refractivity contribution in [1.82, 2.24) is 0 Å². The number of ketones is 2. The summed E-state index contributed by atoms with van der Waals surface area (Å²) >= 11 is 0. The number of benzene rings is 2. The van der Waals surface area contributed by atoms with Gasteiger partial charge in [-0.05, 0) is 26.0 Å². The van der Waals surface area contributed by atoms with Crippen LogP contribution in [0.2, 0.25) is 0 Å². The van der Waals surface area contributed by atoms with Crippen molar-refractivity contribution in [2.24, 2.45) is 5.73 Å². The van der Waals surface area contributed by atoms with Crippen molar-refractivity contribution in [3.05, 3.63) is 45.5 Å². The lowest BCUT2D eigenvalue weighted by Crippen LogP contribution is -2.53. The zero-order valence-electron chi connectivity index (χ0n) is 21.5. The number of aromatic hydroxyl groups is 3. The summed E-state index contributed by atoms with van der Waals surface area (Å²) in [6.07, 6.45) is -5.78. The van der Waals surface area contributed by atoms with E-state index < -0.39 is 87.9 Å². The first kappa shape index (κ1) is 27.3. The van der Waals surface area contributed by atoms with Gasteiger partial charge >= 0.3 is 0 Å². The van der Waals surface area contributed by atoms with E-state index in [9.17, 15) is 40.2 Å². The Labute approximate surface area is 223 Å². The van der Waals surface area contributed by atoms with Gasteiger partial charge in [0.25, 0.3) is 0 Å². The highest BCUT2D eigenvalue weighted by Crippen LogP contribution is 2.53. The molecule has 2 aromatic rings. The summed E-state index contributed by atoms with van der Waals surface area (Å²) in [6, 6.07) is 1.78. The Bertz CT molecular complexity index is 1360. The molecule has 8 N–H and O–H groups in total. The second-order valence-electron chi connectivity index (χ2n) is 10.5. The van der Waals surface area contributed by atoms with Gasteiger partial charge in [-0.3, -0.25) is 9.59 Å². The SMILES string of the molecule is COc1ccc(O)c2c1C(=O)c1c(O)c3c(c(O)c1C2=O)CC(O)(C(C)O)CC3OC1CC(N)C(O)C(C)O1. The molecule has 0 spiro atoms. The zero-order chi connectivity index (χ0) is 28.5. The van der Waals surface area contributed by atoms with Crippen molar-refractivity contribution in [2.75, 3.05) is 7.11 Å². The zero-order valence-corrected chi connectivity index (χ0v) is 21.5. The molecule has 1 saturated heterocycles. The predicted octanol–water partition coefficient (Wildman–Crippen LogP) is 0.526. The third kappa shape index (κ3) is 4.06. The number of fused-ring (bicyclic) bond motifs is 3. The van der Waals surface area contributed by atoms with Gasteiger partial charge in [-0.25, -0.2) is 0 Å². The van der Waals surface area contributed by atoms with E-state index in [-0.39, 0.29) is 41.7 Å². The molecule has 2 aromatic carbocycles. The molecule has 0 amide bonds. The third-order valence-corrected chi connectivity index (χ3v) is 8.05. The smallest absolute Gasteiger partial charge is 0.202 e. The topological polar surface area (TPSA) is 209 Å². The van der Waals surface area contributed by atoms with E-state index in [0.29, 0.717) is 0 Å². The number of hydrogen-bond donors (Lipinski definition) is 7. The number of hydrogen-bond acceptors (Lipinski definition) is 12. The van der Waals surface area contributed by atoms with Crippen LogP contribution in [0.5, 0.6) is 23.0 Å². The minimum Gasteiger partial charge on any atom is -0.507 e. The molecule has 1 fully saturated rings. The van der Waals surface area contributed by atoms with Crippen molar-refractivity contribution in [1.29, 1.82) is 0 Å². The van der Waals surface area contributed by atoms with Crippen LogP contribution < -0.4 is 10.5 Å². The van der Waals surface area contributed by atoms with Gasteiger partial charge in [-0.15, -0.1) is 0 Å². The fourth-order valence-corrected chi connectivity index (χ4v) is 5.80. The molecule has 1 aliphatic heterocycles. The van der Waals surface area contributed by atoms with E-state index in [1.807, 2.05) is 0 Å². The molecular formula is C27H31NO11. The molecule has 0 bridgehead atoms. The second-order valence-corrected chi connectivity index (χ2v) is 10.5. The Morgan fingerprint density at radius 2 is 1.72 bits per heavy atom. The number of rotatable bonds is 4. The van der Waals surface area contributed by atoms with Crippen LogP contribution in [0.4, 0.5) is 0 Å². The van der Waals surface area contributed by atoms with Crippen LogP contribution in [0.25, 0.3) is 0 Å². The molecule has 7 unspecified atom stereocenters. The molecule has 0 radical (unpaired) electrons. The minimum atomic E-state index is -1.86. The van der Waals surface area contributed by atoms with Crippen molar-refractivity contribution >= 4 is 11.6 Å². The van der Waals surface area contributed by atoms with E-state index in [2.05, 4.69) is 0 Å². The number of aliphatic hydroxyl groups excluding tert-OH is 2. The molecule has 12 nitrogen and oxygen atoms in total. The fraction of sp³-hybridized carbons (Fsp3) is 0.481. The minimum absolute atomic E-state index is 0.0168. The Morgan fingerprint density at radius 1 is 1.08 bits per heavy atom. The Morgan fingerprint density at radius 3 is 2.33 bits per heavy atom. The fourth-order valence-electron chi connectivity index (χ4n) is 5.80. The molecule has 12 heteroatoms. The van der Waals surface area contributed by atoms with Crippen molar-refractivity contribution in [3.8, 4) is 23.0 Å². The molecule has 0 saturated carbocycles. The largest absolute Gasteiger partial charge is 0.507 e. The molecule has 0 aromatic heterocycles. The summed E-state index contributed by atoms with van der Waals surface area (Å²) in [5, 5.41) is 65.1. The quantitative estimate of drug-likeness (QED) is 0.224. The van der Waals surface area contributed by atoms with Gasteiger partial charge in [0.2, 0.25) is 11.6 Å². The van der Waals surface area contributed by atoms with Gasteiger partial charge in [0.05, 0.1) is 59.4 Å². The average Bonchev–Trinajstić information content (AvgIpc) is 2.87. The van der Waals surface area contributed by atoms with Gasteiger partial charge in [-0.2, -0.15) is 0 Å². The highest BCUT2D eigenvalue weighted by atomic mass is 16.7. The maximum atomic E-state index is 13.7. The molecule has 5 rings (SSSR count). The molecule has 7 atom stereocenters. The number of nitrogens with two attached hydrogens (primary N) is 1. The lowest BCUT2D eigenvalue weighted by atomic mass is 9.71. The first-order chi connectivity index (χ1) is 18.3. The number of methoxy groups -OCH3 is 1. The van der Waals surface area contributed by atoms with Crippen LogP contribution in [-0.4, -0.2) is 85.6 Å². The van der Waals surface area contributed by atoms with Crippen LogP contribution in [-0.2, 0) is 15.9 Å². The number of carbonyl (C=O) groups is 2.